The Morgan fingerprint density at radius 2 is 2.06 bits per heavy atom. The van der Waals surface area contributed by atoms with Crippen molar-refractivity contribution in [2.75, 3.05) is 5.73 Å². The van der Waals surface area contributed by atoms with Crippen LogP contribution in [0.2, 0.25) is 0 Å². The van der Waals surface area contributed by atoms with Gasteiger partial charge in [0.1, 0.15) is 0 Å². The lowest BCUT2D eigenvalue weighted by Gasteiger charge is -2.05. The molecule has 16 heavy (non-hydrogen) atoms. The Morgan fingerprint density at radius 3 is 2.75 bits per heavy atom. The fourth-order valence-corrected chi connectivity index (χ4v) is 2.37. The highest BCUT2D eigenvalue weighted by Gasteiger charge is 2.02. The highest BCUT2D eigenvalue weighted by Crippen LogP contribution is 2.16. The summed E-state index contributed by atoms with van der Waals surface area (Å²) in [6, 6.07) is 6.59. The Bertz CT molecular complexity index is 488. The van der Waals surface area contributed by atoms with E-state index in [9.17, 15) is 0 Å². The van der Waals surface area contributed by atoms with Gasteiger partial charge in [-0.05, 0) is 37.8 Å². The highest BCUT2D eigenvalue weighted by atomic mass is 32.1. The van der Waals surface area contributed by atoms with Gasteiger partial charge in [0, 0.05) is 5.38 Å². The number of nitrogens with two attached hydrogens (primary N) is 1. The summed E-state index contributed by atoms with van der Waals surface area (Å²) in [5.74, 6) is 0. The van der Waals surface area contributed by atoms with Gasteiger partial charge in [-0.25, -0.2) is 4.98 Å². The van der Waals surface area contributed by atoms with Gasteiger partial charge in [0.2, 0.25) is 0 Å². The van der Waals surface area contributed by atoms with Gasteiger partial charge < -0.3 is 5.73 Å². The van der Waals surface area contributed by atoms with E-state index in [4.69, 9.17) is 5.73 Å². The van der Waals surface area contributed by atoms with Gasteiger partial charge in [-0.1, -0.05) is 23.8 Å². The Labute approximate surface area is 100 Å². The van der Waals surface area contributed by atoms with E-state index in [1.807, 2.05) is 5.38 Å². The second-order valence-corrected chi connectivity index (χ2v) is 5.00. The van der Waals surface area contributed by atoms with Crippen molar-refractivity contribution in [3.8, 4) is 0 Å². The lowest BCUT2D eigenvalue weighted by Crippen LogP contribution is -1.95. The van der Waals surface area contributed by atoms with Crippen LogP contribution in [-0.4, -0.2) is 4.98 Å². The zero-order chi connectivity index (χ0) is 11.5. The van der Waals surface area contributed by atoms with Gasteiger partial charge in [-0.3, -0.25) is 0 Å². The first-order valence-electron chi connectivity index (χ1n) is 5.41. The van der Waals surface area contributed by atoms with Crippen LogP contribution in [0.3, 0.4) is 0 Å². The van der Waals surface area contributed by atoms with Gasteiger partial charge in [0.05, 0.1) is 5.69 Å². The molecule has 0 radical (unpaired) electrons. The zero-order valence-corrected chi connectivity index (χ0v) is 10.5. The van der Waals surface area contributed by atoms with Crippen molar-refractivity contribution in [3.05, 3.63) is 46.0 Å². The van der Waals surface area contributed by atoms with Crippen LogP contribution >= 0.6 is 11.3 Å². The molecule has 1 aromatic heterocycles. The zero-order valence-electron chi connectivity index (χ0n) is 9.66. The third-order valence-electron chi connectivity index (χ3n) is 2.72. The molecule has 0 aliphatic heterocycles. The first-order valence-corrected chi connectivity index (χ1v) is 6.29. The molecule has 2 nitrogen and oxygen atoms in total. The summed E-state index contributed by atoms with van der Waals surface area (Å²) in [6.07, 6.45) is 2.01. The van der Waals surface area contributed by atoms with Crippen molar-refractivity contribution in [2.45, 2.75) is 26.7 Å². The second kappa shape index (κ2) is 4.66. The molecule has 2 aromatic rings. The molecule has 0 amide bonds. The third kappa shape index (κ3) is 2.61. The first-order chi connectivity index (χ1) is 7.65. The summed E-state index contributed by atoms with van der Waals surface area (Å²) >= 11 is 1.51. The quantitative estimate of drug-likeness (QED) is 0.883. The third-order valence-corrected chi connectivity index (χ3v) is 3.45. The fourth-order valence-electron chi connectivity index (χ4n) is 1.77. The van der Waals surface area contributed by atoms with E-state index < -0.39 is 0 Å². The topological polar surface area (TPSA) is 38.9 Å². The number of aromatic nitrogens is 1. The minimum absolute atomic E-state index is 0.663. The van der Waals surface area contributed by atoms with Gasteiger partial charge in [0.25, 0.3) is 0 Å². The fraction of sp³-hybridized carbons (Fsp3) is 0.308. The molecular formula is C13H16N2S. The summed E-state index contributed by atoms with van der Waals surface area (Å²) in [5.41, 5.74) is 10.8. The van der Waals surface area contributed by atoms with Gasteiger partial charge in [-0.15, -0.1) is 11.3 Å². The van der Waals surface area contributed by atoms with Crippen molar-refractivity contribution in [2.24, 2.45) is 0 Å². The Hall–Kier alpha value is -1.35. The molecule has 0 fully saturated rings. The van der Waals surface area contributed by atoms with Crippen molar-refractivity contribution < 1.29 is 0 Å². The normalized spacial score (nSPS) is 10.6. The molecule has 2 rings (SSSR count). The molecule has 84 valence electrons. The minimum atomic E-state index is 0.663. The molecule has 0 bridgehead atoms. The molecule has 1 heterocycles. The van der Waals surface area contributed by atoms with Crippen molar-refractivity contribution >= 4 is 16.5 Å². The number of aryl methyl sites for hydroxylation is 4. The largest absolute Gasteiger partial charge is 0.375 e. The number of benzene rings is 1. The molecule has 2 N–H and O–H groups in total. The highest BCUT2D eigenvalue weighted by molar-refractivity contribution is 7.13. The summed E-state index contributed by atoms with van der Waals surface area (Å²) in [6.45, 7) is 4.29. The van der Waals surface area contributed by atoms with Crippen LogP contribution in [0, 0.1) is 13.8 Å². The average Bonchev–Trinajstić information content (AvgIpc) is 2.66. The summed E-state index contributed by atoms with van der Waals surface area (Å²) in [4.78, 5) is 4.27. The molecule has 1 aromatic carbocycles. The van der Waals surface area contributed by atoms with Crippen molar-refractivity contribution in [1.82, 2.24) is 4.98 Å². The lowest BCUT2D eigenvalue weighted by molar-refractivity contribution is 0.917. The van der Waals surface area contributed by atoms with E-state index in [-0.39, 0.29) is 0 Å². The molecular weight excluding hydrogens is 216 g/mol. The maximum absolute atomic E-state index is 5.61. The predicted molar refractivity (Wildman–Crippen MR) is 69.9 cm³/mol. The van der Waals surface area contributed by atoms with E-state index in [0.29, 0.717) is 5.13 Å². The number of rotatable bonds is 3. The smallest absolute Gasteiger partial charge is 0.180 e. The van der Waals surface area contributed by atoms with Crippen LogP contribution in [0.25, 0.3) is 0 Å². The molecule has 0 atom stereocenters. The minimum Gasteiger partial charge on any atom is -0.375 e. The van der Waals surface area contributed by atoms with E-state index in [1.54, 1.807) is 0 Å². The Balaban J connectivity index is 2.07. The molecule has 0 spiro atoms. The number of nitrogen functional groups attached to an aromatic ring is 1. The molecule has 0 aliphatic rings. The van der Waals surface area contributed by atoms with Crippen molar-refractivity contribution in [1.29, 1.82) is 0 Å². The Morgan fingerprint density at radius 1 is 1.25 bits per heavy atom. The van der Waals surface area contributed by atoms with E-state index in [1.165, 1.54) is 28.0 Å². The number of nitrogens with zero attached hydrogens (tertiary/aromatic N) is 1. The van der Waals surface area contributed by atoms with Crippen LogP contribution in [0.5, 0.6) is 0 Å². The van der Waals surface area contributed by atoms with Gasteiger partial charge in [-0.2, -0.15) is 0 Å². The van der Waals surface area contributed by atoms with Crippen LogP contribution in [0.1, 0.15) is 22.4 Å². The van der Waals surface area contributed by atoms with Crippen molar-refractivity contribution in [3.63, 3.8) is 0 Å². The summed E-state index contributed by atoms with van der Waals surface area (Å²) < 4.78 is 0. The standard InChI is InChI=1S/C13H16N2S/c1-9-3-4-10(2)11(7-9)5-6-12-8-16-13(14)15-12/h3-4,7-8H,5-6H2,1-2H3,(H2,14,15). The number of hydrogen-bond donors (Lipinski definition) is 1. The van der Waals surface area contributed by atoms with Gasteiger partial charge in [0.15, 0.2) is 5.13 Å². The van der Waals surface area contributed by atoms with Crippen LogP contribution in [0.4, 0.5) is 5.13 Å². The second-order valence-electron chi connectivity index (χ2n) is 4.11. The molecule has 0 aliphatic carbocycles. The van der Waals surface area contributed by atoms with Crippen LogP contribution in [0.15, 0.2) is 23.6 Å². The van der Waals surface area contributed by atoms with Crippen LogP contribution < -0.4 is 5.73 Å². The van der Waals surface area contributed by atoms with E-state index >= 15 is 0 Å². The summed E-state index contributed by atoms with van der Waals surface area (Å²) in [7, 11) is 0. The number of thiazole rings is 1. The van der Waals surface area contributed by atoms with E-state index in [2.05, 4.69) is 37.0 Å². The predicted octanol–water partition coefficient (Wildman–Crippen LogP) is 3.13. The monoisotopic (exact) mass is 232 g/mol. The molecule has 3 heteroatoms. The SMILES string of the molecule is Cc1ccc(C)c(CCc2csc(N)n2)c1. The maximum atomic E-state index is 5.61. The lowest BCUT2D eigenvalue weighted by atomic mass is 10.0. The van der Waals surface area contributed by atoms with Gasteiger partial charge >= 0.3 is 0 Å². The maximum Gasteiger partial charge on any atom is 0.180 e. The van der Waals surface area contributed by atoms with Crippen LogP contribution in [-0.2, 0) is 12.8 Å². The molecule has 0 saturated carbocycles. The number of hydrogen-bond acceptors (Lipinski definition) is 3. The van der Waals surface area contributed by atoms with E-state index in [0.717, 1.165) is 18.5 Å². The Kier molecular flexibility index (Phi) is 3.25. The summed E-state index contributed by atoms with van der Waals surface area (Å²) in [5, 5.41) is 2.71. The first kappa shape index (κ1) is 11.1. The molecule has 0 saturated heterocycles. The average molecular weight is 232 g/mol. The number of anilines is 1. The molecule has 0 unspecified atom stereocenters.